The SMILES string of the molecule is CCNC(=NCc1ccc(C)s1)NCCc1ccc(OC)c(OC)c1OC.I. The number of ether oxygens (including phenoxy) is 3. The number of nitrogens with one attached hydrogen (secondary N) is 2. The Kier molecular flexibility index (Phi) is 11.1. The van der Waals surface area contributed by atoms with Gasteiger partial charge in [-0.3, -0.25) is 0 Å². The number of aryl methyl sites for hydroxylation is 1. The molecule has 2 aromatic rings. The molecular weight excluding hydrogens is 489 g/mol. The van der Waals surface area contributed by atoms with E-state index in [-0.39, 0.29) is 24.0 Å². The molecule has 0 aliphatic rings. The molecular formula is C20H30IN3O3S. The first-order valence-electron chi connectivity index (χ1n) is 8.98. The Balaban J connectivity index is 0.00000392. The minimum atomic E-state index is 0. The maximum absolute atomic E-state index is 5.55. The maximum Gasteiger partial charge on any atom is 0.203 e. The molecule has 0 bridgehead atoms. The first kappa shape index (κ1) is 24.4. The summed E-state index contributed by atoms with van der Waals surface area (Å²) in [5.74, 6) is 2.79. The van der Waals surface area contributed by atoms with Crippen LogP contribution < -0.4 is 24.8 Å². The van der Waals surface area contributed by atoms with Crippen molar-refractivity contribution in [3.8, 4) is 17.2 Å². The molecule has 0 aliphatic carbocycles. The molecule has 0 aliphatic heterocycles. The van der Waals surface area contributed by atoms with Crippen LogP contribution in [0.4, 0.5) is 0 Å². The Hall–Kier alpha value is -1.68. The van der Waals surface area contributed by atoms with Crippen LogP contribution in [0.5, 0.6) is 17.2 Å². The molecule has 0 fully saturated rings. The molecule has 1 aromatic carbocycles. The molecule has 0 radical (unpaired) electrons. The summed E-state index contributed by atoms with van der Waals surface area (Å²) in [7, 11) is 4.88. The van der Waals surface area contributed by atoms with Crippen LogP contribution in [0.3, 0.4) is 0 Å². The molecule has 0 unspecified atom stereocenters. The van der Waals surface area contributed by atoms with Gasteiger partial charge in [0.15, 0.2) is 17.5 Å². The summed E-state index contributed by atoms with van der Waals surface area (Å²) >= 11 is 1.78. The van der Waals surface area contributed by atoms with E-state index in [9.17, 15) is 0 Å². The van der Waals surface area contributed by atoms with Crippen LogP contribution in [-0.4, -0.2) is 40.4 Å². The van der Waals surface area contributed by atoms with Gasteiger partial charge in [0.05, 0.1) is 27.9 Å². The van der Waals surface area contributed by atoms with Crippen molar-refractivity contribution in [2.75, 3.05) is 34.4 Å². The van der Waals surface area contributed by atoms with E-state index in [4.69, 9.17) is 14.2 Å². The van der Waals surface area contributed by atoms with E-state index in [0.717, 1.165) is 31.0 Å². The molecule has 0 atom stereocenters. The number of nitrogens with zero attached hydrogens (tertiary/aromatic N) is 1. The van der Waals surface area contributed by atoms with Gasteiger partial charge in [0.1, 0.15) is 0 Å². The third kappa shape index (κ3) is 6.73. The van der Waals surface area contributed by atoms with Crippen molar-refractivity contribution in [2.45, 2.75) is 26.8 Å². The van der Waals surface area contributed by atoms with Gasteiger partial charge in [-0.15, -0.1) is 35.3 Å². The number of hydrogen-bond acceptors (Lipinski definition) is 5. The molecule has 2 rings (SSSR count). The lowest BCUT2D eigenvalue weighted by Gasteiger charge is -2.16. The molecule has 1 heterocycles. The van der Waals surface area contributed by atoms with Gasteiger partial charge in [-0.05, 0) is 38.5 Å². The highest BCUT2D eigenvalue weighted by Gasteiger charge is 2.15. The average molecular weight is 519 g/mol. The Morgan fingerprint density at radius 3 is 2.32 bits per heavy atom. The summed E-state index contributed by atoms with van der Waals surface area (Å²) in [6.07, 6.45) is 0.770. The van der Waals surface area contributed by atoms with Crippen LogP contribution >= 0.6 is 35.3 Å². The highest BCUT2D eigenvalue weighted by atomic mass is 127. The molecule has 6 nitrogen and oxygen atoms in total. The van der Waals surface area contributed by atoms with Gasteiger partial charge in [0.25, 0.3) is 0 Å². The summed E-state index contributed by atoms with van der Waals surface area (Å²) in [4.78, 5) is 7.22. The summed E-state index contributed by atoms with van der Waals surface area (Å²) in [6.45, 7) is 6.38. The van der Waals surface area contributed by atoms with Gasteiger partial charge in [-0.25, -0.2) is 4.99 Å². The first-order chi connectivity index (χ1) is 13.1. The second-order valence-electron chi connectivity index (χ2n) is 5.88. The lowest BCUT2D eigenvalue weighted by atomic mass is 10.1. The number of halogens is 1. The van der Waals surface area contributed by atoms with Crippen LogP contribution in [-0.2, 0) is 13.0 Å². The van der Waals surface area contributed by atoms with Gasteiger partial charge in [0.2, 0.25) is 5.75 Å². The third-order valence-corrected chi connectivity index (χ3v) is 4.99. The fourth-order valence-electron chi connectivity index (χ4n) is 2.74. The number of aliphatic imine (C=N–C) groups is 1. The second-order valence-corrected chi connectivity index (χ2v) is 7.25. The minimum Gasteiger partial charge on any atom is -0.493 e. The normalized spacial score (nSPS) is 10.8. The molecule has 0 amide bonds. The van der Waals surface area contributed by atoms with Crippen LogP contribution in [0.15, 0.2) is 29.3 Å². The van der Waals surface area contributed by atoms with Gasteiger partial charge in [0, 0.05) is 28.4 Å². The summed E-state index contributed by atoms with van der Waals surface area (Å²) in [5, 5.41) is 6.66. The van der Waals surface area contributed by atoms with Gasteiger partial charge in [-0.1, -0.05) is 6.07 Å². The zero-order valence-corrected chi connectivity index (χ0v) is 20.3. The topological polar surface area (TPSA) is 64.1 Å². The molecule has 8 heteroatoms. The number of benzene rings is 1. The van der Waals surface area contributed by atoms with E-state index in [0.29, 0.717) is 23.8 Å². The molecule has 0 saturated carbocycles. The number of hydrogen-bond donors (Lipinski definition) is 2. The van der Waals surface area contributed by atoms with Gasteiger partial charge in [-0.2, -0.15) is 0 Å². The summed E-state index contributed by atoms with van der Waals surface area (Å²) < 4.78 is 16.3. The molecule has 0 saturated heterocycles. The lowest BCUT2D eigenvalue weighted by molar-refractivity contribution is 0.322. The van der Waals surface area contributed by atoms with E-state index >= 15 is 0 Å². The zero-order valence-electron chi connectivity index (χ0n) is 17.1. The largest absolute Gasteiger partial charge is 0.493 e. The van der Waals surface area contributed by atoms with Crippen LogP contribution in [0.2, 0.25) is 0 Å². The third-order valence-electron chi connectivity index (χ3n) is 4.01. The Bertz CT molecular complexity index is 765. The van der Waals surface area contributed by atoms with Crippen LogP contribution in [0, 0.1) is 6.92 Å². The number of rotatable bonds is 9. The predicted molar refractivity (Wildman–Crippen MR) is 127 cm³/mol. The second kappa shape index (κ2) is 12.7. The van der Waals surface area contributed by atoms with E-state index in [2.05, 4.69) is 41.6 Å². The Labute approximate surface area is 188 Å². The first-order valence-corrected chi connectivity index (χ1v) is 9.79. The summed E-state index contributed by atoms with van der Waals surface area (Å²) in [6, 6.07) is 8.15. The number of thiophene rings is 1. The van der Waals surface area contributed by atoms with E-state index in [1.165, 1.54) is 9.75 Å². The van der Waals surface area contributed by atoms with Crippen molar-refractivity contribution in [3.05, 3.63) is 39.6 Å². The fourth-order valence-corrected chi connectivity index (χ4v) is 3.56. The maximum atomic E-state index is 5.55. The van der Waals surface area contributed by atoms with E-state index in [1.54, 1.807) is 32.7 Å². The van der Waals surface area contributed by atoms with Crippen molar-refractivity contribution >= 4 is 41.3 Å². The predicted octanol–water partition coefficient (Wildman–Crippen LogP) is 4.00. The van der Waals surface area contributed by atoms with Gasteiger partial charge < -0.3 is 24.8 Å². The highest BCUT2D eigenvalue weighted by Crippen LogP contribution is 2.39. The summed E-state index contributed by atoms with van der Waals surface area (Å²) in [5.41, 5.74) is 1.05. The standard InChI is InChI=1S/C20H29N3O3S.HI/c1-6-21-20(23-13-16-9-7-14(2)27-16)22-12-11-15-8-10-17(24-3)19(26-5)18(15)25-4;/h7-10H,6,11-13H2,1-5H3,(H2,21,22,23);1H. The Morgan fingerprint density at radius 2 is 1.75 bits per heavy atom. The average Bonchev–Trinajstić information content (AvgIpc) is 3.10. The Morgan fingerprint density at radius 1 is 1.00 bits per heavy atom. The van der Waals surface area contributed by atoms with Crippen molar-refractivity contribution in [1.82, 2.24) is 10.6 Å². The molecule has 156 valence electrons. The molecule has 28 heavy (non-hydrogen) atoms. The fraction of sp³-hybridized carbons (Fsp3) is 0.450. The van der Waals surface area contributed by atoms with Crippen molar-refractivity contribution in [3.63, 3.8) is 0 Å². The van der Waals surface area contributed by atoms with Crippen molar-refractivity contribution in [1.29, 1.82) is 0 Å². The lowest BCUT2D eigenvalue weighted by Crippen LogP contribution is -2.38. The smallest absolute Gasteiger partial charge is 0.203 e. The number of guanidine groups is 1. The van der Waals surface area contributed by atoms with Gasteiger partial charge >= 0.3 is 0 Å². The van der Waals surface area contributed by atoms with Crippen molar-refractivity contribution in [2.24, 2.45) is 4.99 Å². The van der Waals surface area contributed by atoms with Crippen LogP contribution in [0.1, 0.15) is 22.2 Å². The van der Waals surface area contributed by atoms with Crippen LogP contribution in [0.25, 0.3) is 0 Å². The van der Waals surface area contributed by atoms with E-state index < -0.39 is 0 Å². The van der Waals surface area contributed by atoms with Crippen molar-refractivity contribution < 1.29 is 14.2 Å². The quantitative estimate of drug-likeness (QED) is 0.298. The number of methoxy groups -OCH3 is 3. The molecule has 0 spiro atoms. The molecule has 1 aromatic heterocycles. The minimum absolute atomic E-state index is 0. The van der Waals surface area contributed by atoms with E-state index in [1.807, 2.05) is 12.1 Å². The zero-order chi connectivity index (χ0) is 19.6. The monoisotopic (exact) mass is 519 g/mol. The molecule has 2 N–H and O–H groups in total. The highest BCUT2D eigenvalue weighted by molar-refractivity contribution is 14.0.